The van der Waals surface area contributed by atoms with Gasteiger partial charge in [-0.1, -0.05) is 6.07 Å². The molecule has 0 saturated heterocycles. The van der Waals surface area contributed by atoms with E-state index in [1.807, 2.05) is 6.07 Å². The van der Waals surface area contributed by atoms with E-state index in [0.717, 1.165) is 0 Å². The van der Waals surface area contributed by atoms with Gasteiger partial charge in [-0.2, -0.15) is 5.26 Å². The van der Waals surface area contributed by atoms with Crippen molar-refractivity contribution >= 4 is 11.7 Å². The highest BCUT2D eigenvalue weighted by Gasteiger charge is 2.24. The smallest absolute Gasteiger partial charge is 0.242 e. The predicted molar refractivity (Wildman–Crippen MR) is 55.8 cm³/mol. The summed E-state index contributed by atoms with van der Waals surface area (Å²) >= 11 is 0. The number of aromatic nitrogens is 1. The van der Waals surface area contributed by atoms with E-state index in [1.165, 1.54) is 0 Å². The summed E-state index contributed by atoms with van der Waals surface area (Å²) in [5, 5.41) is 11.5. The van der Waals surface area contributed by atoms with Crippen LogP contribution in [-0.4, -0.2) is 16.4 Å². The number of carbonyl (C=O) groups excluding carboxylic acids is 1. The number of anilines is 1. The Morgan fingerprint density at radius 3 is 2.80 bits per heavy atom. The first-order chi connectivity index (χ1) is 6.95. The minimum atomic E-state index is -0.888. The lowest BCUT2D eigenvalue weighted by molar-refractivity contribution is -0.121. The van der Waals surface area contributed by atoms with Crippen molar-refractivity contribution in [3.8, 4) is 6.07 Å². The molecule has 0 fully saturated rings. The fourth-order valence-corrected chi connectivity index (χ4v) is 0.948. The van der Waals surface area contributed by atoms with Crippen LogP contribution < -0.4 is 11.1 Å². The third kappa shape index (κ3) is 2.68. The molecule has 1 aromatic heterocycles. The lowest BCUT2D eigenvalue weighted by atomic mass is 10.1. The first-order valence-corrected chi connectivity index (χ1v) is 4.41. The number of hydrogen-bond acceptors (Lipinski definition) is 4. The number of primary amides is 1. The van der Waals surface area contributed by atoms with Crippen molar-refractivity contribution in [1.29, 1.82) is 5.26 Å². The minimum absolute atomic E-state index is 0.292. The van der Waals surface area contributed by atoms with Crippen LogP contribution in [0.1, 0.15) is 19.5 Å². The zero-order chi connectivity index (χ0) is 11.5. The van der Waals surface area contributed by atoms with Crippen molar-refractivity contribution in [1.82, 2.24) is 4.98 Å². The summed E-state index contributed by atoms with van der Waals surface area (Å²) in [5.41, 5.74) is 4.60. The van der Waals surface area contributed by atoms with Crippen molar-refractivity contribution in [2.45, 2.75) is 19.4 Å². The molecule has 78 valence electrons. The molecule has 5 nitrogen and oxygen atoms in total. The van der Waals surface area contributed by atoms with E-state index < -0.39 is 11.4 Å². The Balaban J connectivity index is 2.91. The van der Waals surface area contributed by atoms with Gasteiger partial charge in [-0.05, 0) is 26.0 Å². The van der Waals surface area contributed by atoms with Crippen molar-refractivity contribution in [2.75, 3.05) is 5.32 Å². The van der Waals surface area contributed by atoms with Crippen LogP contribution in [0.2, 0.25) is 0 Å². The van der Waals surface area contributed by atoms with Crippen LogP contribution in [0.4, 0.5) is 5.82 Å². The Morgan fingerprint density at radius 1 is 1.60 bits per heavy atom. The number of amides is 1. The second-order valence-corrected chi connectivity index (χ2v) is 3.63. The Kier molecular flexibility index (Phi) is 2.90. The standard InChI is InChI=1S/C10H12N4O/c1-10(2,9(12)15)14-8-5-3-4-7(6-11)13-8/h3-5H,1-2H3,(H2,12,15)(H,13,14). The van der Waals surface area contributed by atoms with Crippen molar-refractivity contribution < 1.29 is 4.79 Å². The fourth-order valence-electron chi connectivity index (χ4n) is 0.948. The molecule has 0 aliphatic rings. The van der Waals surface area contributed by atoms with Gasteiger partial charge in [0.05, 0.1) is 0 Å². The molecule has 0 aliphatic heterocycles. The van der Waals surface area contributed by atoms with Crippen LogP contribution in [0.25, 0.3) is 0 Å². The largest absolute Gasteiger partial charge is 0.368 e. The molecule has 5 heteroatoms. The molecule has 1 aromatic rings. The van der Waals surface area contributed by atoms with Crippen LogP contribution in [0.15, 0.2) is 18.2 Å². The Morgan fingerprint density at radius 2 is 2.27 bits per heavy atom. The summed E-state index contributed by atoms with van der Waals surface area (Å²) in [6.45, 7) is 3.30. The average Bonchev–Trinajstić information content (AvgIpc) is 2.17. The van der Waals surface area contributed by atoms with Crippen LogP contribution >= 0.6 is 0 Å². The molecule has 1 rings (SSSR count). The van der Waals surface area contributed by atoms with Crippen LogP contribution in [0, 0.1) is 11.3 Å². The van der Waals surface area contributed by atoms with Gasteiger partial charge in [-0.3, -0.25) is 4.79 Å². The first-order valence-electron chi connectivity index (χ1n) is 4.41. The van der Waals surface area contributed by atoms with Crippen molar-refractivity contribution in [3.05, 3.63) is 23.9 Å². The summed E-state index contributed by atoms with van der Waals surface area (Å²) in [4.78, 5) is 15.0. The van der Waals surface area contributed by atoms with E-state index in [4.69, 9.17) is 11.0 Å². The number of nitrogens with one attached hydrogen (secondary N) is 1. The van der Waals surface area contributed by atoms with Gasteiger partial charge in [0.1, 0.15) is 23.1 Å². The van der Waals surface area contributed by atoms with E-state index in [0.29, 0.717) is 11.5 Å². The summed E-state index contributed by atoms with van der Waals surface area (Å²) < 4.78 is 0. The molecular weight excluding hydrogens is 192 g/mol. The highest BCUT2D eigenvalue weighted by Crippen LogP contribution is 2.12. The molecular formula is C10H12N4O. The molecule has 0 spiro atoms. The lowest BCUT2D eigenvalue weighted by Gasteiger charge is -2.22. The topological polar surface area (TPSA) is 91.8 Å². The van der Waals surface area contributed by atoms with E-state index in [2.05, 4.69) is 10.3 Å². The molecule has 0 radical (unpaired) electrons. The number of pyridine rings is 1. The highest BCUT2D eigenvalue weighted by molar-refractivity contribution is 5.86. The van der Waals surface area contributed by atoms with Gasteiger partial charge in [0, 0.05) is 0 Å². The second kappa shape index (κ2) is 3.96. The van der Waals surface area contributed by atoms with E-state index in [9.17, 15) is 4.79 Å². The minimum Gasteiger partial charge on any atom is -0.368 e. The summed E-state index contributed by atoms with van der Waals surface area (Å²) in [6.07, 6.45) is 0. The molecule has 0 unspecified atom stereocenters. The lowest BCUT2D eigenvalue weighted by Crippen LogP contribution is -2.45. The summed E-state index contributed by atoms with van der Waals surface area (Å²) in [7, 11) is 0. The predicted octanol–water partition coefficient (Wildman–Crippen LogP) is 0.629. The molecule has 0 aromatic carbocycles. The van der Waals surface area contributed by atoms with Gasteiger partial charge in [0.2, 0.25) is 5.91 Å². The summed E-state index contributed by atoms with van der Waals surface area (Å²) in [5.74, 6) is -0.0236. The average molecular weight is 204 g/mol. The molecule has 3 N–H and O–H groups in total. The summed E-state index contributed by atoms with van der Waals surface area (Å²) in [6, 6.07) is 6.86. The molecule has 0 aliphatic carbocycles. The SMILES string of the molecule is CC(C)(Nc1cccc(C#N)n1)C(N)=O. The number of hydrogen-bond donors (Lipinski definition) is 2. The van der Waals surface area contributed by atoms with Crippen LogP contribution in [0.3, 0.4) is 0 Å². The van der Waals surface area contributed by atoms with E-state index in [-0.39, 0.29) is 0 Å². The maximum atomic E-state index is 11.0. The van der Waals surface area contributed by atoms with Gasteiger partial charge in [-0.15, -0.1) is 0 Å². The third-order valence-corrected chi connectivity index (χ3v) is 1.92. The number of rotatable bonds is 3. The van der Waals surface area contributed by atoms with Gasteiger partial charge >= 0.3 is 0 Å². The highest BCUT2D eigenvalue weighted by atomic mass is 16.1. The molecule has 0 bridgehead atoms. The van der Waals surface area contributed by atoms with Gasteiger partial charge in [0.25, 0.3) is 0 Å². The maximum Gasteiger partial charge on any atom is 0.242 e. The number of carbonyl (C=O) groups is 1. The van der Waals surface area contributed by atoms with Crippen LogP contribution in [0.5, 0.6) is 0 Å². The van der Waals surface area contributed by atoms with Gasteiger partial charge < -0.3 is 11.1 Å². The molecule has 15 heavy (non-hydrogen) atoms. The number of nitrogens with two attached hydrogens (primary N) is 1. The quantitative estimate of drug-likeness (QED) is 0.755. The second-order valence-electron chi connectivity index (χ2n) is 3.63. The molecule has 0 atom stereocenters. The maximum absolute atomic E-state index is 11.0. The fraction of sp³-hybridized carbons (Fsp3) is 0.300. The van der Waals surface area contributed by atoms with Crippen molar-refractivity contribution in [2.24, 2.45) is 5.73 Å². The van der Waals surface area contributed by atoms with E-state index >= 15 is 0 Å². The Hall–Kier alpha value is -2.09. The third-order valence-electron chi connectivity index (χ3n) is 1.92. The number of nitrogens with zero attached hydrogens (tertiary/aromatic N) is 2. The monoisotopic (exact) mass is 204 g/mol. The Labute approximate surface area is 87.9 Å². The normalized spacial score (nSPS) is 10.5. The van der Waals surface area contributed by atoms with Crippen LogP contribution in [-0.2, 0) is 4.79 Å². The van der Waals surface area contributed by atoms with E-state index in [1.54, 1.807) is 32.0 Å². The molecule has 1 heterocycles. The number of nitriles is 1. The van der Waals surface area contributed by atoms with Crippen molar-refractivity contribution in [3.63, 3.8) is 0 Å². The van der Waals surface area contributed by atoms with Gasteiger partial charge in [0.15, 0.2) is 0 Å². The first kappa shape index (κ1) is 11.0. The zero-order valence-corrected chi connectivity index (χ0v) is 8.61. The van der Waals surface area contributed by atoms with Gasteiger partial charge in [-0.25, -0.2) is 4.98 Å². The molecule has 1 amide bonds. The zero-order valence-electron chi connectivity index (χ0n) is 8.61. The Bertz CT molecular complexity index is 420. The molecule has 0 saturated carbocycles.